The first kappa shape index (κ1) is 11.9. The molecule has 96 valence electrons. The topological polar surface area (TPSA) is 77.8 Å². The van der Waals surface area contributed by atoms with Crippen molar-refractivity contribution < 1.29 is 4.52 Å². The van der Waals surface area contributed by atoms with E-state index in [0.717, 1.165) is 16.0 Å². The Balaban J connectivity index is 2.02. The molecule has 0 spiro atoms. The average molecular weight is 272 g/mol. The van der Waals surface area contributed by atoms with Crippen LogP contribution in [0.3, 0.4) is 0 Å². The highest BCUT2D eigenvalue weighted by Crippen LogP contribution is 2.34. The van der Waals surface area contributed by atoms with Crippen molar-refractivity contribution in [2.24, 2.45) is 0 Å². The van der Waals surface area contributed by atoms with E-state index < -0.39 is 0 Å². The van der Waals surface area contributed by atoms with Crippen molar-refractivity contribution >= 4 is 17.0 Å². The maximum atomic E-state index is 5.97. The van der Waals surface area contributed by atoms with Crippen LogP contribution in [0.4, 0.5) is 5.69 Å². The van der Waals surface area contributed by atoms with E-state index in [-0.39, 0.29) is 0 Å². The van der Waals surface area contributed by atoms with E-state index in [9.17, 15) is 0 Å². The third-order valence-electron chi connectivity index (χ3n) is 2.79. The summed E-state index contributed by atoms with van der Waals surface area (Å²) in [5, 5.41) is 5.93. The van der Waals surface area contributed by atoms with Gasteiger partial charge in [-0.15, -0.1) is 11.3 Å². The van der Waals surface area contributed by atoms with Gasteiger partial charge in [-0.3, -0.25) is 4.98 Å². The zero-order valence-electron chi connectivity index (χ0n) is 10.5. The molecule has 0 fully saturated rings. The van der Waals surface area contributed by atoms with Crippen molar-refractivity contribution in [2.75, 3.05) is 5.73 Å². The molecule has 0 saturated heterocycles. The van der Waals surface area contributed by atoms with E-state index in [1.165, 1.54) is 11.3 Å². The summed E-state index contributed by atoms with van der Waals surface area (Å²) in [5.41, 5.74) is 9.48. The molecule has 3 heterocycles. The number of aryl methyl sites for hydroxylation is 2. The fourth-order valence-corrected chi connectivity index (χ4v) is 2.59. The van der Waals surface area contributed by atoms with Crippen molar-refractivity contribution in [3.8, 4) is 22.3 Å². The quantitative estimate of drug-likeness (QED) is 0.775. The lowest BCUT2D eigenvalue weighted by Gasteiger charge is -1.94. The van der Waals surface area contributed by atoms with E-state index in [1.807, 2.05) is 31.4 Å². The highest BCUT2D eigenvalue weighted by molar-refractivity contribution is 7.14. The van der Waals surface area contributed by atoms with Crippen LogP contribution in [0.5, 0.6) is 0 Å². The Morgan fingerprint density at radius 1 is 1.32 bits per heavy atom. The number of anilines is 1. The summed E-state index contributed by atoms with van der Waals surface area (Å²) in [5.74, 6) is 0.915. The minimum Gasteiger partial charge on any atom is -0.397 e. The Labute approximate surface area is 114 Å². The molecule has 0 radical (unpaired) electrons. The third-order valence-corrected chi connectivity index (χ3v) is 3.89. The van der Waals surface area contributed by atoms with Crippen molar-refractivity contribution in [3.63, 3.8) is 0 Å². The van der Waals surface area contributed by atoms with Crippen LogP contribution in [0.1, 0.15) is 11.1 Å². The van der Waals surface area contributed by atoms with E-state index in [0.29, 0.717) is 23.1 Å². The van der Waals surface area contributed by atoms with Gasteiger partial charge < -0.3 is 10.3 Å². The molecule has 0 bridgehead atoms. The molecule has 19 heavy (non-hydrogen) atoms. The van der Waals surface area contributed by atoms with Crippen LogP contribution in [-0.4, -0.2) is 15.1 Å². The molecule has 3 aromatic rings. The maximum Gasteiger partial charge on any atom is 0.270 e. The van der Waals surface area contributed by atoms with Crippen molar-refractivity contribution in [2.45, 2.75) is 13.8 Å². The van der Waals surface area contributed by atoms with Gasteiger partial charge in [0.05, 0.1) is 5.69 Å². The smallest absolute Gasteiger partial charge is 0.270 e. The zero-order valence-corrected chi connectivity index (χ0v) is 11.4. The van der Waals surface area contributed by atoms with Gasteiger partial charge in [-0.2, -0.15) is 4.98 Å². The number of thiophene rings is 1. The summed E-state index contributed by atoms with van der Waals surface area (Å²) >= 11 is 1.50. The van der Waals surface area contributed by atoms with Crippen LogP contribution in [0.2, 0.25) is 0 Å². The van der Waals surface area contributed by atoms with Gasteiger partial charge in [-0.05, 0) is 42.5 Å². The number of nitrogens with two attached hydrogens (primary N) is 1. The second-order valence-electron chi connectivity index (χ2n) is 4.30. The lowest BCUT2D eigenvalue weighted by Crippen LogP contribution is -1.88. The van der Waals surface area contributed by atoms with Crippen molar-refractivity contribution in [1.29, 1.82) is 0 Å². The molecule has 0 aliphatic rings. The molecule has 6 heteroatoms. The molecular formula is C13H12N4OS. The van der Waals surface area contributed by atoms with Crippen LogP contribution < -0.4 is 5.73 Å². The summed E-state index contributed by atoms with van der Waals surface area (Å²) in [7, 11) is 0. The van der Waals surface area contributed by atoms with Crippen LogP contribution in [0.25, 0.3) is 22.3 Å². The van der Waals surface area contributed by atoms with Crippen molar-refractivity contribution in [3.05, 3.63) is 34.8 Å². The highest BCUT2D eigenvalue weighted by Gasteiger charge is 2.16. The zero-order chi connectivity index (χ0) is 13.4. The molecule has 0 saturated carbocycles. The first-order chi connectivity index (χ1) is 9.15. The predicted molar refractivity (Wildman–Crippen MR) is 74.7 cm³/mol. The molecule has 0 aliphatic carbocycles. The fraction of sp³-hybridized carbons (Fsp3) is 0.154. The number of aromatic nitrogens is 3. The number of nitrogens with zero attached hydrogens (tertiary/aromatic N) is 3. The summed E-state index contributed by atoms with van der Waals surface area (Å²) in [6.45, 7) is 3.95. The Kier molecular flexibility index (Phi) is 2.79. The average Bonchev–Trinajstić information content (AvgIpc) is 2.98. The van der Waals surface area contributed by atoms with Crippen LogP contribution in [0.15, 0.2) is 28.2 Å². The van der Waals surface area contributed by atoms with E-state index in [4.69, 9.17) is 10.3 Å². The Bertz CT molecular complexity index is 732. The second-order valence-corrected chi connectivity index (χ2v) is 5.18. The van der Waals surface area contributed by atoms with Gasteiger partial charge in [0.2, 0.25) is 5.82 Å². The predicted octanol–water partition coefficient (Wildman–Crippen LogP) is 3.06. The lowest BCUT2D eigenvalue weighted by atomic mass is 10.2. The molecule has 0 amide bonds. The second kappa shape index (κ2) is 4.47. The van der Waals surface area contributed by atoms with Gasteiger partial charge in [0.25, 0.3) is 5.89 Å². The first-order valence-corrected chi connectivity index (χ1v) is 6.64. The standard InChI is InChI=1S/C13H12N4OS/c1-7-3-4-15-9(5-7)12-16-13(18-17-12)11-10(14)8(2)6-19-11/h3-6H,14H2,1-2H3. The molecular weight excluding hydrogens is 260 g/mol. The molecule has 0 aromatic carbocycles. The largest absolute Gasteiger partial charge is 0.397 e. The minimum absolute atomic E-state index is 0.439. The summed E-state index contributed by atoms with van der Waals surface area (Å²) < 4.78 is 5.27. The Hall–Kier alpha value is -2.21. The molecule has 5 nitrogen and oxygen atoms in total. The van der Waals surface area contributed by atoms with Gasteiger partial charge in [0, 0.05) is 6.20 Å². The number of nitrogen functional groups attached to an aromatic ring is 1. The SMILES string of the molecule is Cc1ccnc(-c2noc(-c3scc(C)c3N)n2)c1. The van der Waals surface area contributed by atoms with Gasteiger partial charge in [-0.25, -0.2) is 0 Å². The molecule has 0 unspecified atom stereocenters. The highest BCUT2D eigenvalue weighted by atomic mass is 32.1. The summed E-state index contributed by atoms with van der Waals surface area (Å²) in [6, 6.07) is 3.84. The van der Waals surface area contributed by atoms with E-state index >= 15 is 0 Å². The van der Waals surface area contributed by atoms with Gasteiger partial charge in [0.1, 0.15) is 10.6 Å². The van der Waals surface area contributed by atoms with E-state index in [2.05, 4.69) is 15.1 Å². The van der Waals surface area contributed by atoms with E-state index in [1.54, 1.807) is 6.20 Å². The Morgan fingerprint density at radius 3 is 2.84 bits per heavy atom. The molecule has 3 rings (SSSR count). The first-order valence-electron chi connectivity index (χ1n) is 5.76. The van der Waals surface area contributed by atoms with Crippen LogP contribution in [0, 0.1) is 13.8 Å². The van der Waals surface area contributed by atoms with Gasteiger partial charge in [0.15, 0.2) is 0 Å². The Morgan fingerprint density at radius 2 is 2.16 bits per heavy atom. The number of pyridine rings is 1. The lowest BCUT2D eigenvalue weighted by molar-refractivity contribution is 0.433. The summed E-state index contributed by atoms with van der Waals surface area (Å²) in [4.78, 5) is 9.40. The van der Waals surface area contributed by atoms with Crippen molar-refractivity contribution in [1.82, 2.24) is 15.1 Å². The van der Waals surface area contributed by atoms with Crippen LogP contribution >= 0.6 is 11.3 Å². The normalized spacial score (nSPS) is 10.8. The molecule has 2 N–H and O–H groups in total. The van der Waals surface area contributed by atoms with Crippen LogP contribution in [-0.2, 0) is 0 Å². The van der Waals surface area contributed by atoms with Gasteiger partial charge in [-0.1, -0.05) is 5.16 Å². The summed E-state index contributed by atoms with van der Waals surface area (Å²) in [6.07, 6.45) is 1.73. The maximum absolute atomic E-state index is 5.97. The number of hydrogen-bond acceptors (Lipinski definition) is 6. The number of rotatable bonds is 2. The number of hydrogen-bond donors (Lipinski definition) is 1. The molecule has 0 atom stereocenters. The molecule has 3 aromatic heterocycles. The third kappa shape index (κ3) is 2.10. The minimum atomic E-state index is 0.439. The molecule has 0 aliphatic heterocycles. The fourth-order valence-electron chi connectivity index (χ4n) is 1.70. The monoisotopic (exact) mass is 272 g/mol. The van der Waals surface area contributed by atoms with Gasteiger partial charge >= 0.3 is 0 Å².